The van der Waals surface area contributed by atoms with Crippen LogP contribution in [0.15, 0.2) is 0 Å². The Bertz CT molecular complexity index is 172. The fraction of sp³-hybridized carbons (Fsp3) is 0.667. The van der Waals surface area contributed by atoms with Crippen LogP contribution in [0.2, 0.25) is 0 Å². The van der Waals surface area contributed by atoms with Crippen molar-refractivity contribution in [2.45, 2.75) is 25.0 Å². The van der Waals surface area contributed by atoms with E-state index in [1.807, 2.05) is 6.92 Å². The van der Waals surface area contributed by atoms with Gasteiger partial charge in [0, 0.05) is 17.4 Å². The lowest BCUT2D eigenvalue weighted by Gasteiger charge is -2.07. The first kappa shape index (κ1) is 11.4. The maximum Gasteiger partial charge on any atom is 0.306 e. The van der Waals surface area contributed by atoms with Gasteiger partial charge in [0.05, 0.1) is 13.5 Å². The summed E-state index contributed by atoms with van der Waals surface area (Å²) in [5, 5.41) is 0.297. The van der Waals surface area contributed by atoms with Gasteiger partial charge in [-0.2, -0.15) is 11.8 Å². The SMILES string of the molecule is C#CCCSC(C)CC(=O)OC. The van der Waals surface area contributed by atoms with Crippen molar-refractivity contribution in [1.82, 2.24) is 0 Å². The molecule has 0 aliphatic carbocycles. The van der Waals surface area contributed by atoms with E-state index < -0.39 is 0 Å². The maximum atomic E-state index is 10.8. The molecule has 0 heterocycles. The van der Waals surface area contributed by atoms with Crippen LogP contribution in [0.1, 0.15) is 19.8 Å². The predicted molar refractivity (Wildman–Crippen MR) is 52.0 cm³/mol. The fourth-order valence-corrected chi connectivity index (χ4v) is 1.59. The number of carbonyl (C=O) groups excluding carboxylic acids is 1. The number of thioether (sulfide) groups is 1. The zero-order chi connectivity index (χ0) is 9.40. The summed E-state index contributed by atoms with van der Waals surface area (Å²) in [4.78, 5) is 10.8. The molecule has 68 valence electrons. The Hall–Kier alpha value is -0.620. The fourth-order valence-electron chi connectivity index (χ4n) is 0.696. The van der Waals surface area contributed by atoms with E-state index in [2.05, 4.69) is 10.7 Å². The van der Waals surface area contributed by atoms with Gasteiger partial charge in [-0.15, -0.1) is 12.3 Å². The molecule has 2 nitrogen and oxygen atoms in total. The summed E-state index contributed by atoms with van der Waals surface area (Å²) in [7, 11) is 1.40. The van der Waals surface area contributed by atoms with Crippen molar-refractivity contribution >= 4 is 17.7 Å². The van der Waals surface area contributed by atoms with Crippen molar-refractivity contribution in [2.24, 2.45) is 0 Å². The van der Waals surface area contributed by atoms with Crippen molar-refractivity contribution < 1.29 is 9.53 Å². The summed E-state index contributed by atoms with van der Waals surface area (Å²) in [5.74, 6) is 3.31. The van der Waals surface area contributed by atoms with Crippen LogP contribution in [-0.2, 0) is 9.53 Å². The zero-order valence-corrected chi connectivity index (χ0v) is 8.32. The van der Waals surface area contributed by atoms with Gasteiger partial charge in [0.25, 0.3) is 0 Å². The van der Waals surface area contributed by atoms with Crippen molar-refractivity contribution in [2.75, 3.05) is 12.9 Å². The Kier molecular flexibility index (Phi) is 6.69. The predicted octanol–water partition coefficient (Wildman–Crippen LogP) is 1.69. The van der Waals surface area contributed by atoms with Crippen molar-refractivity contribution in [3.05, 3.63) is 0 Å². The highest BCUT2D eigenvalue weighted by atomic mass is 32.2. The monoisotopic (exact) mass is 186 g/mol. The minimum absolute atomic E-state index is 0.157. The molecule has 1 unspecified atom stereocenters. The van der Waals surface area contributed by atoms with Crippen LogP contribution in [0, 0.1) is 12.3 Å². The molecule has 0 aliphatic rings. The Morgan fingerprint density at radius 1 is 1.75 bits per heavy atom. The lowest BCUT2D eigenvalue weighted by atomic mass is 10.3. The van der Waals surface area contributed by atoms with E-state index in [9.17, 15) is 4.79 Å². The third-order valence-corrected chi connectivity index (χ3v) is 2.51. The molecule has 0 saturated heterocycles. The number of carbonyl (C=O) groups is 1. The third-order valence-electron chi connectivity index (χ3n) is 1.33. The number of ether oxygens (including phenoxy) is 1. The molecule has 3 heteroatoms. The molecule has 0 radical (unpaired) electrons. The van der Waals surface area contributed by atoms with Crippen molar-refractivity contribution in [1.29, 1.82) is 0 Å². The number of hydrogen-bond donors (Lipinski definition) is 0. The Balaban J connectivity index is 3.40. The molecule has 0 bridgehead atoms. The summed E-state index contributed by atoms with van der Waals surface area (Å²) in [5.41, 5.74) is 0. The molecule has 1 atom stereocenters. The normalized spacial score (nSPS) is 11.8. The number of rotatable bonds is 5. The summed E-state index contributed by atoms with van der Waals surface area (Å²) < 4.78 is 4.53. The highest BCUT2D eigenvalue weighted by Crippen LogP contribution is 2.14. The van der Waals surface area contributed by atoms with E-state index >= 15 is 0 Å². The molecule has 0 amide bonds. The van der Waals surface area contributed by atoms with Crippen LogP contribution in [0.4, 0.5) is 0 Å². The molecular formula is C9H14O2S. The highest BCUT2D eigenvalue weighted by molar-refractivity contribution is 7.99. The number of terminal acetylenes is 1. The molecule has 12 heavy (non-hydrogen) atoms. The number of hydrogen-bond acceptors (Lipinski definition) is 3. The highest BCUT2D eigenvalue weighted by Gasteiger charge is 2.08. The third kappa shape index (κ3) is 6.11. The quantitative estimate of drug-likeness (QED) is 0.371. The van der Waals surface area contributed by atoms with E-state index in [4.69, 9.17) is 6.42 Å². The van der Waals surface area contributed by atoms with E-state index in [0.717, 1.165) is 12.2 Å². The van der Waals surface area contributed by atoms with Gasteiger partial charge in [-0.25, -0.2) is 0 Å². The molecule has 0 rings (SSSR count). The second-order valence-corrected chi connectivity index (χ2v) is 3.96. The first-order valence-corrected chi connectivity index (χ1v) is 4.87. The summed E-state index contributed by atoms with van der Waals surface area (Å²) in [6, 6.07) is 0. The Morgan fingerprint density at radius 3 is 2.92 bits per heavy atom. The van der Waals surface area contributed by atoms with Crippen LogP contribution < -0.4 is 0 Å². The summed E-state index contributed by atoms with van der Waals surface area (Å²) >= 11 is 1.70. The molecule has 0 aromatic heterocycles. The second-order valence-electron chi connectivity index (χ2n) is 2.42. The van der Waals surface area contributed by atoms with Crippen LogP contribution >= 0.6 is 11.8 Å². The topological polar surface area (TPSA) is 26.3 Å². The van der Waals surface area contributed by atoms with Gasteiger partial charge in [-0.1, -0.05) is 6.92 Å². The van der Waals surface area contributed by atoms with Gasteiger partial charge < -0.3 is 4.74 Å². The number of esters is 1. The molecule has 0 spiro atoms. The molecule has 0 aromatic carbocycles. The molecule has 0 saturated carbocycles. The van der Waals surface area contributed by atoms with E-state index in [1.54, 1.807) is 11.8 Å². The van der Waals surface area contributed by atoms with Crippen LogP contribution in [-0.4, -0.2) is 24.1 Å². The van der Waals surface area contributed by atoms with Crippen LogP contribution in [0.25, 0.3) is 0 Å². The second kappa shape index (κ2) is 7.05. The van der Waals surface area contributed by atoms with E-state index in [0.29, 0.717) is 11.7 Å². The molecule has 0 aliphatic heterocycles. The van der Waals surface area contributed by atoms with Gasteiger partial charge in [0.2, 0.25) is 0 Å². The first-order chi connectivity index (χ1) is 5.70. The van der Waals surface area contributed by atoms with Crippen LogP contribution in [0.5, 0.6) is 0 Å². The zero-order valence-electron chi connectivity index (χ0n) is 7.50. The maximum absolute atomic E-state index is 10.8. The van der Waals surface area contributed by atoms with Gasteiger partial charge in [-0.05, 0) is 0 Å². The lowest BCUT2D eigenvalue weighted by molar-refractivity contribution is -0.140. The van der Waals surface area contributed by atoms with Gasteiger partial charge in [0.15, 0.2) is 0 Å². The van der Waals surface area contributed by atoms with E-state index in [-0.39, 0.29) is 5.97 Å². The average Bonchev–Trinajstić information content (AvgIpc) is 2.05. The van der Waals surface area contributed by atoms with Gasteiger partial charge in [-0.3, -0.25) is 4.79 Å². The first-order valence-electron chi connectivity index (χ1n) is 3.82. The standard InChI is InChI=1S/C9H14O2S/c1-4-5-6-12-8(2)7-9(10)11-3/h1,8H,5-7H2,2-3H3. The van der Waals surface area contributed by atoms with Crippen molar-refractivity contribution in [3.8, 4) is 12.3 Å². The Labute approximate surface area is 78.1 Å². The molecular weight excluding hydrogens is 172 g/mol. The Morgan fingerprint density at radius 2 is 2.42 bits per heavy atom. The lowest BCUT2D eigenvalue weighted by Crippen LogP contribution is -2.08. The minimum Gasteiger partial charge on any atom is -0.469 e. The minimum atomic E-state index is -0.157. The molecule has 0 fully saturated rings. The van der Waals surface area contributed by atoms with Gasteiger partial charge >= 0.3 is 5.97 Å². The molecule has 0 N–H and O–H groups in total. The summed E-state index contributed by atoms with van der Waals surface area (Å²) in [6.45, 7) is 2.00. The van der Waals surface area contributed by atoms with E-state index in [1.165, 1.54) is 7.11 Å². The summed E-state index contributed by atoms with van der Waals surface area (Å²) in [6.07, 6.45) is 6.31. The average molecular weight is 186 g/mol. The largest absolute Gasteiger partial charge is 0.469 e. The molecule has 0 aromatic rings. The smallest absolute Gasteiger partial charge is 0.306 e. The van der Waals surface area contributed by atoms with Crippen molar-refractivity contribution in [3.63, 3.8) is 0 Å². The number of methoxy groups -OCH3 is 1. The van der Waals surface area contributed by atoms with Crippen LogP contribution in [0.3, 0.4) is 0 Å². The van der Waals surface area contributed by atoms with Gasteiger partial charge in [0.1, 0.15) is 0 Å².